The van der Waals surface area contributed by atoms with Crippen LogP contribution in [0.3, 0.4) is 0 Å². The molecule has 0 aliphatic carbocycles. The summed E-state index contributed by atoms with van der Waals surface area (Å²) in [6.07, 6.45) is -0.0493. The molecular weight excluding hydrogens is 428 g/mol. The van der Waals surface area contributed by atoms with E-state index in [1.807, 2.05) is 66.5 Å². The third kappa shape index (κ3) is 3.25. The second-order valence-electron chi connectivity index (χ2n) is 7.40. The number of hydrogen-bond acceptors (Lipinski definition) is 4. The van der Waals surface area contributed by atoms with E-state index in [0.29, 0.717) is 5.56 Å². The van der Waals surface area contributed by atoms with E-state index in [0.717, 1.165) is 39.0 Å². The van der Waals surface area contributed by atoms with E-state index in [1.165, 1.54) is 0 Å². The summed E-state index contributed by atoms with van der Waals surface area (Å²) < 4.78 is 7.16. The van der Waals surface area contributed by atoms with Crippen LogP contribution in [0.5, 0.6) is 5.75 Å². The summed E-state index contributed by atoms with van der Waals surface area (Å²) in [6, 6.07) is 23.6. The van der Waals surface area contributed by atoms with Crippen LogP contribution >= 0.6 is 15.9 Å². The minimum absolute atomic E-state index is 0.0362. The van der Waals surface area contributed by atoms with Crippen molar-refractivity contribution in [3.05, 3.63) is 99.5 Å². The standard InChI is InChI=1S/C24H19BrN2O2/c1-15-7-9-17(10-8-15)23(28)24-27-21(19-13-18(25)11-12-22(19)29-24)14-20(26-27)16-5-3-2-4-6-16/h2-13,21,24H,14H2,1H3/t21-,24+/m0/s1. The molecule has 0 N–H and O–H groups in total. The predicted octanol–water partition coefficient (Wildman–Crippen LogP) is 5.51. The lowest BCUT2D eigenvalue weighted by Gasteiger charge is -2.37. The van der Waals surface area contributed by atoms with Crippen molar-refractivity contribution in [1.82, 2.24) is 5.01 Å². The summed E-state index contributed by atoms with van der Waals surface area (Å²) in [4.78, 5) is 13.3. The van der Waals surface area contributed by atoms with Crippen molar-refractivity contribution >= 4 is 27.4 Å². The number of carbonyl (C=O) groups excluding carboxylic acids is 1. The Balaban J connectivity index is 1.57. The number of halogens is 1. The third-order valence-electron chi connectivity index (χ3n) is 5.42. The van der Waals surface area contributed by atoms with E-state index in [9.17, 15) is 4.79 Å². The van der Waals surface area contributed by atoms with Crippen LogP contribution in [0.2, 0.25) is 0 Å². The molecule has 0 aromatic heterocycles. The van der Waals surface area contributed by atoms with Crippen molar-refractivity contribution in [2.24, 2.45) is 5.10 Å². The van der Waals surface area contributed by atoms with Gasteiger partial charge in [0.05, 0.1) is 11.8 Å². The molecule has 0 fully saturated rings. The van der Waals surface area contributed by atoms with E-state index in [1.54, 1.807) is 0 Å². The molecule has 0 amide bonds. The Morgan fingerprint density at radius 1 is 1.07 bits per heavy atom. The first-order valence-electron chi connectivity index (χ1n) is 9.58. The van der Waals surface area contributed by atoms with Crippen LogP contribution in [0, 0.1) is 6.92 Å². The predicted molar refractivity (Wildman–Crippen MR) is 116 cm³/mol. The fourth-order valence-electron chi connectivity index (χ4n) is 3.90. The first kappa shape index (κ1) is 18.1. The SMILES string of the molecule is Cc1ccc(C(=O)[C@H]2Oc3ccc(Br)cc3[C@@H]3CC(c4ccccc4)=NN23)cc1. The largest absolute Gasteiger partial charge is 0.461 e. The molecule has 0 unspecified atom stereocenters. The Kier molecular flexibility index (Phi) is 4.47. The van der Waals surface area contributed by atoms with E-state index < -0.39 is 6.23 Å². The normalized spacial score (nSPS) is 19.8. The quantitative estimate of drug-likeness (QED) is 0.498. The number of hydrazone groups is 1. The van der Waals surface area contributed by atoms with Gasteiger partial charge in [0.1, 0.15) is 5.75 Å². The highest BCUT2D eigenvalue weighted by Crippen LogP contribution is 2.44. The van der Waals surface area contributed by atoms with Crippen molar-refractivity contribution in [3.8, 4) is 5.75 Å². The Bertz CT molecular complexity index is 1110. The average molecular weight is 447 g/mol. The molecule has 0 bridgehead atoms. The van der Waals surface area contributed by atoms with Crippen LogP contribution in [0.1, 0.15) is 39.5 Å². The van der Waals surface area contributed by atoms with Gasteiger partial charge in [-0.3, -0.25) is 4.79 Å². The Morgan fingerprint density at radius 3 is 2.59 bits per heavy atom. The van der Waals surface area contributed by atoms with Gasteiger partial charge in [0, 0.05) is 22.0 Å². The molecule has 2 aliphatic heterocycles. The second-order valence-corrected chi connectivity index (χ2v) is 8.31. The number of Topliss-reactive ketones (excluding diaryl/α,β-unsaturated/α-hetero) is 1. The number of rotatable bonds is 3. The maximum absolute atomic E-state index is 13.3. The van der Waals surface area contributed by atoms with Gasteiger partial charge in [-0.05, 0) is 30.7 Å². The molecule has 4 nitrogen and oxygen atoms in total. The van der Waals surface area contributed by atoms with Crippen molar-refractivity contribution in [1.29, 1.82) is 0 Å². The van der Waals surface area contributed by atoms with Gasteiger partial charge in [0.25, 0.3) is 6.23 Å². The minimum Gasteiger partial charge on any atom is -0.461 e. The van der Waals surface area contributed by atoms with Crippen molar-refractivity contribution < 1.29 is 9.53 Å². The van der Waals surface area contributed by atoms with Crippen molar-refractivity contribution in [3.63, 3.8) is 0 Å². The molecule has 144 valence electrons. The van der Waals surface area contributed by atoms with Gasteiger partial charge in [0.15, 0.2) is 0 Å². The van der Waals surface area contributed by atoms with Crippen molar-refractivity contribution in [2.45, 2.75) is 25.6 Å². The maximum atomic E-state index is 13.3. The molecule has 5 rings (SSSR count). The van der Waals surface area contributed by atoms with Gasteiger partial charge in [0.2, 0.25) is 5.78 Å². The molecule has 0 saturated heterocycles. The van der Waals surface area contributed by atoms with Crippen LogP contribution in [0.15, 0.2) is 82.4 Å². The molecule has 0 radical (unpaired) electrons. The number of hydrogen-bond donors (Lipinski definition) is 0. The lowest BCUT2D eigenvalue weighted by atomic mass is 9.95. The third-order valence-corrected chi connectivity index (χ3v) is 5.91. The molecule has 3 aromatic rings. The number of fused-ring (bicyclic) bond motifs is 3. The average Bonchev–Trinajstić information content (AvgIpc) is 3.20. The molecule has 29 heavy (non-hydrogen) atoms. The Hall–Kier alpha value is -2.92. The minimum atomic E-state index is -0.780. The molecule has 3 aromatic carbocycles. The first-order chi connectivity index (χ1) is 14.1. The van der Waals surface area contributed by atoms with Crippen LogP contribution in [-0.2, 0) is 0 Å². The lowest BCUT2D eigenvalue weighted by Crippen LogP contribution is -2.45. The fourth-order valence-corrected chi connectivity index (χ4v) is 4.28. The van der Waals surface area contributed by atoms with E-state index in [-0.39, 0.29) is 11.8 Å². The molecule has 0 spiro atoms. The Labute approximate surface area is 177 Å². The highest BCUT2D eigenvalue weighted by Gasteiger charge is 2.43. The molecule has 5 heteroatoms. The molecule has 2 atom stereocenters. The zero-order valence-electron chi connectivity index (χ0n) is 15.9. The molecular formula is C24H19BrN2O2. The van der Waals surface area contributed by atoms with Gasteiger partial charge in [-0.15, -0.1) is 0 Å². The number of ketones is 1. The van der Waals surface area contributed by atoms with Gasteiger partial charge in [-0.25, -0.2) is 5.01 Å². The van der Waals surface area contributed by atoms with E-state index >= 15 is 0 Å². The molecule has 0 saturated carbocycles. The van der Waals surface area contributed by atoms with E-state index in [2.05, 4.69) is 34.1 Å². The van der Waals surface area contributed by atoms with Gasteiger partial charge in [-0.2, -0.15) is 5.10 Å². The summed E-state index contributed by atoms with van der Waals surface area (Å²) in [5.41, 5.74) is 4.82. The smallest absolute Gasteiger partial charge is 0.251 e. The lowest BCUT2D eigenvalue weighted by molar-refractivity contribution is -0.00459. The monoisotopic (exact) mass is 446 g/mol. The van der Waals surface area contributed by atoms with Crippen molar-refractivity contribution in [2.75, 3.05) is 0 Å². The Morgan fingerprint density at radius 2 is 1.83 bits per heavy atom. The highest BCUT2D eigenvalue weighted by atomic mass is 79.9. The summed E-state index contributed by atoms with van der Waals surface area (Å²) in [6.45, 7) is 2.01. The highest BCUT2D eigenvalue weighted by molar-refractivity contribution is 9.10. The summed E-state index contributed by atoms with van der Waals surface area (Å²) in [7, 11) is 0. The number of nitrogens with zero attached hydrogens (tertiary/aromatic N) is 2. The van der Waals surface area contributed by atoms with Crippen LogP contribution < -0.4 is 4.74 Å². The maximum Gasteiger partial charge on any atom is 0.251 e. The van der Waals surface area contributed by atoms with Gasteiger partial charge >= 0.3 is 0 Å². The topological polar surface area (TPSA) is 41.9 Å². The van der Waals surface area contributed by atoms with Crippen LogP contribution in [-0.4, -0.2) is 22.7 Å². The summed E-state index contributed by atoms with van der Waals surface area (Å²) in [5.74, 6) is 0.658. The summed E-state index contributed by atoms with van der Waals surface area (Å²) >= 11 is 3.56. The first-order valence-corrected chi connectivity index (χ1v) is 10.4. The van der Waals surface area contributed by atoms with Gasteiger partial charge < -0.3 is 4.74 Å². The molecule has 2 aliphatic rings. The molecule has 2 heterocycles. The number of benzene rings is 3. The number of ether oxygens (including phenoxy) is 1. The van der Waals surface area contributed by atoms with Crippen LogP contribution in [0.25, 0.3) is 0 Å². The van der Waals surface area contributed by atoms with E-state index in [4.69, 9.17) is 9.84 Å². The van der Waals surface area contributed by atoms with Gasteiger partial charge in [-0.1, -0.05) is 76.1 Å². The summed E-state index contributed by atoms with van der Waals surface area (Å²) in [5, 5.41) is 6.68. The fraction of sp³-hybridized carbons (Fsp3) is 0.167. The van der Waals surface area contributed by atoms with Crippen LogP contribution in [0.4, 0.5) is 0 Å². The zero-order chi connectivity index (χ0) is 20.0. The zero-order valence-corrected chi connectivity index (χ0v) is 17.5. The number of aryl methyl sites for hydroxylation is 1. The number of carbonyl (C=O) groups is 1. The second kappa shape index (κ2) is 7.16.